The predicted molar refractivity (Wildman–Crippen MR) is 95.3 cm³/mol. The lowest BCUT2D eigenvalue weighted by atomic mass is 10.2. The number of ether oxygens (including phenoxy) is 3. The molecule has 0 saturated carbocycles. The van der Waals surface area contributed by atoms with Crippen molar-refractivity contribution in [3.8, 4) is 11.5 Å². The van der Waals surface area contributed by atoms with Crippen LogP contribution in [-0.2, 0) is 11.3 Å². The largest absolute Gasteiger partial charge is 0.493 e. The van der Waals surface area contributed by atoms with Gasteiger partial charge in [0.25, 0.3) is 0 Å². The van der Waals surface area contributed by atoms with Gasteiger partial charge in [0.05, 0.1) is 39.0 Å². The molecule has 134 valence electrons. The number of methoxy groups -OCH3 is 2. The molecule has 25 heavy (non-hydrogen) atoms. The molecule has 1 aromatic carbocycles. The van der Waals surface area contributed by atoms with Crippen LogP contribution >= 0.6 is 11.6 Å². The highest BCUT2D eigenvalue weighted by molar-refractivity contribution is 6.33. The van der Waals surface area contributed by atoms with Crippen molar-refractivity contribution in [1.82, 2.24) is 9.78 Å². The van der Waals surface area contributed by atoms with Crippen LogP contribution in [0.5, 0.6) is 11.5 Å². The van der Waals surface area contributed by atoms with Crippen molar-refractivity contribution in [2.75, 3.05) is 27.4 Å². The average Bonchev–Trinajstić information content (AvgIpc) is 2.97. The quantitative estimate of drug-likeness (QED) is 0.501. The van der Waals surface area contributed by atoms with Gasteiger partial charge in [-0.2, -0.15) is 4.68 Å². The topological polar surface area (TPSA) is 75.7 Å². The monoisotopic (exact) mass is 366 g/mol. The van der Waals surface area contributed by atoms with Crippen molar-refractivity contribution in [2.45, 2.75) is 6.54 Å². The van der Waals surface area contributed by atoms with Crippen LogP contribution in [0.1, 0.15) is 11.5 Å². The maximum atomic E-state index is 11.7. The zero-order valence-electron chi connectivity index (χ0n) is 14.0. The van der Waals surface area contributed by atoms with Crippen molar-refractivity contribution in [3.63, 3.8) is 0 Å². The summed E-state index contributed by atoms with van der Waals surface area (Å²) in [5, 5.41) is 4.46. The Morgan fingerprint density at radius 2 is 2.12 bits per heavy atom. The molecule has 7 nitrogen and oxygen atoms in total. The molecule has 0 N–H and O–H groups in total. The molecule has 0 spiro atoms. The Balaban J connectivity index is 2.14. The van der Waals surface area contributed by atoms with Crippen molar-refractivity contribution in [2.24, 2.45) is 0 Å². The summed E-state index contributed by atoms with van der Waals surface area (Å²) in [6, 6.07) is 3.49. The van der Waals surface area contributed by atoms with E-state index < -0.39 is 5.76 Å². The van der Waals surface area contributed by atoms with Crippen LogP contribution in [0.15, 0.2) is 34.0 Å². The Morgan fingerprint density at radius 3 is 2.80 bits per heavy atom. The molecule has 0 atom stereocenters. The summed E-state index contributed by atoms with van der Waals surface area (Å²) < 4.78 is 21.9. The molecular formula is C17H19ClN2O5. The van der Waals surface area contributed by atoms with Gasteiger partial charge in [0.2, 0.25) is 5.89 Å². The SMILES string of the molecule is C=CCOCCn1nc(C=Cc2ccc(OC)c(OC)c2Cl)oc1=O. The van der Waals surface area contributed by atoms with Gasteiger partial charge in [-0.05, 0) is 23.8 Å². The van der Waals surface area contributed by atoms with Crippen molar-refractivity contribution >= 4 is 23.8 Å². The highest BCUT2D eigenvalue weighted by Crippen LogP contribution is 2.37. The first-order valence-corrected chi connectivity index (χ1v) is 7.83. The molecular weight excluding hydrogens is 348 g/mol. The molecule has 0 aliphatic carbocycles. The van der Waals surface area contributed by atoms with Crippen LogP contribution in [0, 0.1) is 0 Å². The van der Waals surface area contributed by atoms with Crippen molar-refractivity contribution in [1.29, 1.82) is 0 Å². The van der Waals surface area contributed by atoms with E-state index in [-0.39, 0.29) is 5.89 Å². The highest BCUT2D eigenvalue weighted by atomic mass is 35.5. The first-order chi connectivity index (χ1) is 12.1. The summed E-state index contributed by atoms with van der Waals surface area (Å²) in [5.41, 5.74) is 0.672. The Labute approximate surface area is 150 Å². The van der Waals surface area contributed by atoms with Gasteiger partial charge in [0.1, 0.15) is 0 Å². The standard InChI is InChI=1S/C17H19ClN2O5/c1-4-10-24-11-9-20-17(21)25-14(19-20)8-6-12-5-7-13(22-2)16(23-3)15(12)18/h4-8H,1,9-11H2,2-3H3. The number of aromatic nitrogens is 2. The maximum absolute atomic E-state index is 11.7. The summed E-state index contributed by atoms with van der Waals surface area (Å²) >= 11 is 6.29. The van der Waals surface area contributed by atoms with Gasteiger partial charge in [-0.15, -0.1) is 11.7 Å². The molecule has 8 heteroatoms. The molecule has 2 rings (SSSR count). The molecule has 0 bridgehead atoms. The second-order valence-corrected chi connectivity index (χ2v) is 5.21. The third-order valence-electron chi connectivity index (χ3n) is 3.23. The molecule has 1 heterocycles. The fourth-order valence-corrected chi connectivity index (χ4v) is 2.34. The Morgan fingerprint density at radius 1 is 1.32 bits per heavy atom. The first-order valence-electron chi connectivity index (χ1n) is 7.45. The Kier molecular flexibility index (Phi) is 6.85. The van der Waals surface area contributed by atoms with Gasteiger partial charge >= 0.3 is 5.76 Å². The van der Waals surface area contributed by atoms with E-state index in [1.165, 1.54) is 18.9 Å². The zero-order chi connectivity index (χ0) is 18.2. The molecule has 0 aliphatic heterocycles. The summed E-state index contributed by atoms with van der Waals surface area (Å²) in [6.07, 6.45) is 4.86. The van der Waals surface area contributed by atoms with Crippen LogP contribution in [-0.4, -0.2) is 37.2 Å². The lowest BCUT2D eigenvalue weighted by molar-refractivity contribution is 0.148. The number of nitrogens with zero attached hydrogens (tertiary/aromatic N) is 2. The number of hydrogen-bond acceptors (Lipinski definition) is 6. The molecule has 0 unspecified atom stereocenters. The second kappa shape index (κ2) is 9.10. The summed E-state index contributed by atoms with van der Waals surface area (Å²) in [5.74, 6) is 0.567. The van der Waals surface area contributed by atoms with Gasteiger partial charge in [0, 0.05) is 6.08 Å². The van der Waals surface area contributed by atoms with Crippen LogP contribution < -0.4 is 15.2 Å². The van der Waals surface area contributed by atoms with Gasteiger partial charge in [-0.1, -0.05) is 17.7 Å². The lowest BCUT2D eigenvalue weighted by Crippen LogP contribution is -2.19. The van der Waals surface area contributed by atoms with Crippen molar-refractivity contribution in [3.05, 3.63) is 51.8 Å². The normalized spacial score (nSPS) is 11.0. The molecule has 1 aromatic heterocycles. The Hall–Kier alpha value is -2.51. The molecule has 0 saturated heterocycles. The van der Waals surface area contributed by atoms with E-state index in [1.807, 2.05) is 0 Å². The second-order valence-electron chi connectivity index (χ2n) is 4.83. The van der Waals surface area contributed by atoms with E-state index in [0.717, 1.165) is 0 Å². The highest BCUT2D eigenvalue weighted by Gasteiger charge is 2.12. The lowest BCUT2D eigenvalue weighted by Gasteiger charge is -2.10. The minimum absolute atomic E-state index is 0.166. The number of halogens is 1. The van der Waals surface area contributed by atoms with Crippen LogP contribution in [0.3, 0.4) is 0 Å². The van der Waals surface area contributed by atoms with E-state index in [4.69, 9.17) is 30.2 Å². The van der Waals surface area contributed by atoms with Crippen LogP contribution in [0.4, 0.5) is 0 Å². The molecule has 0 aliphatic rings. The third kappa shape index (κ3) is 4.74. The van der Waals surface area contributed by atoms with E-state index in [2.05, 4.69) is 11.7 Å². The fourth-order valence-electron chi connectivity index (χ4n) is 2.04. The summed E-state index contributed by atoms with van der Waals surface area (Å²) in [7, 11) is 3.04. The molecule has 2 aromatic rings. The number of hydrogen-bond donors (Lipinski definition) is 0. The maximum Gasteiger partial charge on any atom is 0.437 e. The Bertz CT molecular complexity index is 810. The number of benzene rings is 1. The van der Waals surface area contributed by atoms with Gasteiger partial charge < -0.3 is 18.6 Å². The van der Waals surface area contributed by atoms with Crippen LogP contribution in [0.2, 0.25) is 5.02 Å². The van der Waals surface area contributed by atoms with Gasteiger partial charge in [-0.25, -0.2) is 4.79 Å². The zero-order valence-corrected chi connectivity index (χ0v) is 14.8. The van der Waals surface area contributed by atoms with E-state index in [9.17, 15) is 4.79 Å². The van der Waals surface area contributed by atoms with Crippen LogP contribution in [0.25, 0.3) is 12.2 Å². The average molecular weight is 367 g/mol. The first kappa shape index (κ1) is 18.8. The minimum atomic E-state index is -0.555. The fraction of sp³-hybridized carbons (Fsp3) is 0.294. The molecule has 0 fully saturated rings. The van der Waals surface area contributed by atoms with E-state index >= 15 is 0 Å². The van der Waals surface area contributed by atoms with E-state index in [0.29, 0.717) is 41.8 Å². The predicted octanol–water partition coefficient (Wildman–Crippen LogP) is 2.88. The molecule has 0 radical (unpaired) electrons. The minimum Gasteiger partial charge on any atom is -0.493 e. The van der Waals surface area contributed by atoms with Gasteiger partial charge in [0.15, 0.2) is 11.5 Å². The molecule has 0 amide bonds. The van der Waals surface area contributed by atoms with Crippen molar-refractivity contribution < 1.29 is 18.6 Å². The summed E-state index contributed by atoms with van der Waals surface area (Å²) in [4.78, 5) is 11.7. The smallest absolute Gasteiger partial charge is 0.437 e. The summed E-state index contributed by atoms with van der Waals surface area (Å²) in [6.45, 7) is 4.59. The third-order valence-corrected chi connectivity index (χ3v) is 3.62. The van der Waals surface area contributed by atoms with Gasteiger partial charge in [-0.3, -0.25) is 0 Å². The number of rotatable bonds is 9. The van der Waals surface area contributed by atoms with E-state index in [1.54, 1.807) is 30.4 Å².